The fourth-order valence-electron chi connectivity index (χ4n) is 2.87. The lowest BCUT2D eigenvalue weighted by Crippen LogP contribution is -2.03. The Hall–Kier alpha value is -1.81. The van der Waals surface area contributed by atoms with Crippen LogP contribution < -0.4 is 0 Å². The predicted octanol–water partition coefficient (Wildman–Crippen LogP) is 3.37. The van der Waals surface area contributed by atoms with Crippen molar-refractivity contribution in [3.63, 3.8) is 0 Å². The molecule has 4 heteroatoms. The van der Waals surface area contributed by atoms with Crippen LogP contribution in [0.4, 0.5) is 0 Å². The molecule has 2 N–H and O–H groups in total. The summed E-state index contributed by atoms with van der Waals surface area (Å²) in [6.45, 7) is 5.17. The smallest absolute Gasteiger partial charge is 0.335 e. The summed E-state index contributed by atoms with van der Waals surface area (Å²) in [7, 11) is 0. The molecule has 0 atom stereocenters. The Morgan fingerprint density at radius 3 is 2.67 bits per heavy atom. The summed E-state index contributed by atoms with van der Waals surface area (Å²) in [5.74, 6) is -0.890. The fourth-order valence-corrected chi connectivity index (χ4v) is 2.87. The minimum Gasteiger partial charge on any atom is -0.478 e. The molecular weight excluding hydrogens is 266 g/mol. The van der Waals surface area contributed by atoms with Crippen molar-refractivity contribution in [1.82, 2.24) is 4.57 Å². The van der Waals surface area contributed by atoms with Crippen LogP contribution >= 0.6 is 0 Å². The van der Waals surface area contributed by atoms with Crippen molar-refractivity contribution >= 4 is 16.9 Å². The van der Waals surface area contributed by atoms with Crippen molar-refractivity contribution in [2.45, 2.75) is 46.1 Å². The summed E-state index contributed by atoms with van der Waals surface area (Å²) < 4.78 is 2.20. The first-order chi connectivity index (χ1) is 10.1. The van der Waals surface area contributed by atoms with Crippen molar-refractivity contribution in [2.75, 3.05) is 6.61 Å². The second-order valence-corrected chi connectivity index (χ2v) is 5.43. The zero-order chi connectivity index (χ0) is 15.4. The number of aromatic nitrogens is 1. The van der Waals surface area contributed by atoms with Gasteiger partial charge in [-0.1, -0.05) is 13.3 Å². The van der Waals surface area contributed by atoms with Crippen LogP contribution in [-0.4, -0.2) is 27.4 Å². The van der Waals surface area contributed by atoms with Crippen LogP contribution in [0.25, 0.3) is 10.9 Å². The lowest BCUT2D eigenvalue weighted by atomic mass is 10.0. The molecule has 0 saturated heterocycles. The van der Waals surface area contributed by atoms with E-state index in [1.54, 1.807) is 12.1 Å². The first-order valence-corrected chi connectivity index (χ1v) is 7.56. The van der Waals surface area contributed by atoms with Crippen molar-refractivity contribution < 1.29 is 15.0 Å². The third-order valence-electron chi connectivity index (χ3n) is 4.02. The van der Waals surface area contributed by atoms with Crippen molar-refractivity contribution in [3.05, 3.63) is 35.0 Å². The average Bonchev–Trinajstić information content (AvgIpc) is 2.74. The van der Waals surface area contributed by atoms with Crippen LogP contribution in [0.3, 0.4) is 0 Å². The number of benzene rings is 1. The highest BCUT2D eigenvalue weighted by Gasteiger charge is 2.15. The van der Waals surface area contributed by atoms with Gasteiger partial charge in [0.15, 0.2) is 0 Å². The van der Waals surface area contributed by atoms with Gasteiger partial charge in [0.1, 0.15) is 0 Å². The molecule has 21 heavy (non-hydrogen) atoms. The summed E-state index contributed by atoms with van der Waals surface area (Å²) >= 11 is 0. The molecule has 0 aliphatic rings. The molecule has 0 saturated carbocycles. The summed E-state index contributed by atoms with van der Waals surface area (Å²) in [4.78, 5) is 11.2. The highest BCUT2D eigenvalue weighted by atomic mass is 16.4. The van der Waals surface area contributed by atoms with E-state index in [1.807, 2.05) is 6.07 Å². The average molecular weight is 289 g/mol. The van der Waals surface area contributed by atoms with Gasteiger partial charge in [0.25, 0.3) is 0 Å². The van der Waals surface area contributed by atoms with Gasteiger partial charge < -0.3 is 14.8 Å². The Bertz CT molecular complexity index is 643. The number of unbranched alkanes of at least 4 members (excludes halogenated alkanes) is 1. The minimum atomic E-state index is -0.890. The maximum absolute atomic E-state index is 11.2. The minimum absolute atomic E-state index is 0.163. The van der Waals surface area contributed by atoms with Crippen LogP contribution in [0.5, 0.6) is 0 Å². The number of nitrogens with zero attached hydrogens (tertiary/aromatic N) is 1. The standard InChI is InChI=1S/C17H23NO3/c1-3-4-6-14-12(2)18(9-5-10-19)16-8-7-13(17(20)21)11-15(14)16/h7-8,11,19H,3-6,9-10H2,1-2H3,(H,20,21). The Morgan fingerprint density at radius 1 is 1.29 bits per heavy atom. The van der Waals surface area contributed by atoms with Crippen LogP contribution in [0.1, 0.15) is 47.8 Å². The number of aryl methyl sites for hydroxylation is 2. The number of rotatable bonds is 7. The van der Waals surface area contributed by atoms with Gasteiger partial charge in [-0.2, -0.15) is 0 Å². The van der Waals surface area contributed by atoms with Gasteiger partial charge in [-0.25, -0.2) is 4.79 Å². The number of aliphatic hydroxyl groups is 1. The molecule has 0 bridgehead atoms. The quantitative estimate of drug-likeness (QED) is 0.821. The number of carboxylic acid groups (broad SMARTS) is 1. The maximum Gasteiger partial charge on any atom is 0.335 e. The molecule has 0 aliphatic carbocycles. The second kappa shape index (κ2) is 6.76. The largest absolute Gasteiger partial charge is 0.478 e. The van der Waals surface area contributed by atoms with Crippen LogP contribution in [-0.2, 0) is 13.0 Å². The van der Waals surface area contributed by atoms with E-state index in [9.17, 15) is 9.90 Å². The molecule has 2 aromatic rings. The van der Waals surface area contributed by atoms with Crippen LogP contribution in [0, 0.1) is 6.92 Å². The molecule has 2 rings (SSSR count). The molecule has 1 aromatic heterocycles. The van der Waals surface area contributed by atoms with Gasteiger partial charge in [-0.15, -0.1) is 0 Å². The van der Waals surface area contributed by atoms with Crippen molar-refractivity contribution in [2.24, 2.45) is 0 Å². The molecule has 1 aromatic carbocycles. The summed E-state index contributed by atoms with van der Waals surface area (Å²) in [6.07, 6.45) is 3.88. The molecular formula is C17H23NO3. The van der Waals surface area contributed by atoms with Crippen molar-refractivity contribution in [1.29, 1.82) is 0 Å². The number of hydrogen-bond donors (Lipinski definition) is 2. The van der Waals surface area contributed by atoms with Gasteiger partial charge in [0.2, 0.25) is 0 Å². The maximum atomic E-state index is 11.2. The topological polar surface area (TPSA) is 62.5 Å². The molecule has 1 heterocycles. The predicted molar refractivity (Wildman–Crippen MR) is 83.9 cm³/mol. The van der Waals surface area contributed by atoms with Gasteiger partial charge in [0.05, 0.1) is 5.56 Å². The third-order valence-corrected chi connectivity index (χ3v) is 4.02. The van der Waals surface area contributed by atoms with Gasteiger partial charge >= 0.3 is 5.97 Å². The Balaban J connectivity index is 2.57. The number of aromatic carboxylic acids is 1. The summed E-state index contributed by atoms with van der Waals surface area (Å²) in [6, 6.07) is 5.33. The second-order valence-electron chi connectivity index (χ2n) is 5.43. The zero-order valence-electron chi connectivity index (χ0n) is 12.7. The van der Waals surface area contributed by atoms with E-state index in [0.29, 0.717) is 12.0 Å². The first kappa shape index (κ1) is 15.6. The van der Waals surface area contributed by atoms with Gasteiger partial charge in [-0.05, 0) is 49.9 Å². The summed E-state index contributed by atoms with van der Waals surface area (Å²) in [5.41, 5.74) is 3.83. The highest BCUT2D eigenvalue weighted by molar-refractivity contribution is 5.95. The third kappa shape index (κ3) is 3.10. The lowest BCUT2D eigenvalue weighted by Gasteiger charge is -2.07. The lowest BCUT2D eigenvalue weighted by molar-refractivity contribution is 0.0697. The fraction of sp³-hybridized carbons (Fsp3) is 0.471. The molecule has 0 amide bonds. The number of aliphatic hydroxyl groups excluding tert-OH is 1. The van der Waals surface area contributed by atoms with E-state index in [1.165, 1.54) is 11.3 Å². The Kier molecular flexibility index (Phi) is 5.02. The molecule has 0 radical (unpaired) electrons. The highest BCUT2D eigenvalue weighted by Crippen LogP contribution is 2.28. The van der Waals surface area contributed by atoms with E-state index >= 15 is 0 Å². The number of fused-ring (bicyclic) bond motifs is 1. The Morgan fingerprint density at radius 2 is 2.05 bits per heavy atom. The van der Waals surface area contributed by atoms with E-state index in [4.69, 9.17) is 5.11 Å². The number of hydrogen-bond acceptors (Lipinski definition) is 2. The van der Waals surface area contributed by atoms with E-state index in [2.05, 4.69) is 18.4 Å². The molecule has 0 spiro atoms. The van der Waals surface area contributed by atoms with Gasteiger partial charge in [-0.3, -0.25) is 0 Å². The monoisotopic (exact) mass is 289 g/mol. The molecule has 0 unspecified atom stereocenters. The number of carbonyl (C=O) groups is 1. The van der Waals surface area contributed by atoms with Crippen molar-refractivity contribution in [3.8, 4) is 0 Å². The molecule has 114 valence electrons. The molecule has 0 aliphatic heterocycles. The molecule has 4 nitrogen and oxygen atoms in total. The van der Waals surface area contributed by atoms with Crippen LogP contribution in [0.15, 0.2) is 18.2 Å². The normalized spacial score (nSPS) is 11.2. The molecule has 0 fully saturated rings. The van der Waals surface area contributed by atoms with E-state index < -0.39 is 5.97 Å². The van der Waals surface area contributed by atoms with E-state index in [0.717, 1.165) is 36.7 Å². The summed E-state index contributed by atoms with van der Waals surface area (Å²) in [5, 5.41) is 19.3. The first-order valence-electron chi connectivity index (χ1n) is 7.56. The van der Waals surface area contributed by atoms with E-state index in [-0.39, 0.29) is 6.61 Å². The number of carboxylic acids is 1. The SMILES string of the molecule is CCCCc1c(C)n(CCCO)c2ccc(C(=O)O)cc12. The van der Waals surface area contributed by atoms with Crippen LogP contribution in [0.2, 0.25) is 0 Å². The van der Waals surface area contributed by atoms with Gasteiger partial charge in [0, 0.05) is 29.7 Å². The Labute approximate surface area is 125 Å². The zero-order valence-corrected chi connectivity index (χ0v) is 12.7.